The molecule has 1 unspecified atom stereocenters. The summed E-state index contributed by atoms with van der Waals surface area (Å²) >= 11 is 0. The molecule has 1 aliphatic rings. The summed E-state index contributed by atoms with van der Waals surface area (Å²) in [5.74, 6) is 2.23. The van der Waals surface area contributed by atoms with E-state index in [4.69, 9.17) is 9.84 Å². The SMILES string of the molecule is CCN(CCCCO)c1cc(C2CCOC2)nc(C)n1. The molecule has 112 valence electrons. The zero-order chi connectivity index (χ0) is 14.4. The number of aliphatic hydroxyl groups is 1. The van der Waals surface area contributed by atoms with Crippen LogP contribution in [-0.2, 0) is 4.74 Å². The minimum Gasteiger partial charge on any atom is -0.396 e. The Hall–Kier alpha value is -1.20. The van der Waals surface area contributed by atoms with Gasteiger partial charge in [-0.3, -0.25) is 0 Å². The lowest BCUT2D eigenvalue weighted by Gasteiger charge is -2.23. The Morgan fingerprint density at radius 3 is 2.90 bits per heavy atom. The molecular formula is C15H25N3O2. The first-order valence-corrected chi connectivity index (χ1v) is 7.53. The molecule has 1 saturated heterocycles. The smallest absolute Gasteiger partial charge is 0.132 e. The molecule has 2 heterocycles. The first kappa shape index (κ1) is 15.2. The monoisotopic (exact) mass is 279 g/mol. The molecule has 0 bridgehead atoms. The molecule has 0 saturated carbocycles. The van der Waals surface area contributed by atoms with Crippen molar-refractivity contribution in [2.45, 2.75) is 39.0 Å². The Morgan fingerprint density at radius 2 is 2.25 bits per heavy atom. The molecule has 2 rings (SSSR count). The molecule has 0 aliphatic carbocycles. The van der Waals surface area contributed by atoms with E-state index in [0.29, 0.717) is 5.92 Å². The van der Waals surface area contributed by atoms with E-state index in [1.54, 1.807) is 0 Å². The third kappa shape index (κ3) is 3.90. The van der Waals surface area contributed by atoms with Crippen LogP contribution in [0.2, 0.25) is 0 Å². The van der Waals surface area contributed by atoms with Gasteiger partial charge in [0.15, 0.2) is 0 Å². The van der Waals surface area contributed by atoms with Crippen LogP contribution < -0.4 is 4.90 Å². The normalized spacial score (nSPS) is 18.4. The predicted octanol–water partition coefficient (Wildman–Crippen LogP) is 1.89. The number of hydrogen-bond donors (Lipinski definition) is 1. The van der Waals surface area contributed by atoms with Crippen molar-refractivity contribution in [2.75, 3.05) is 37.8 Å². The number of aryl methyl sites for hydroxylation is 1. The van der Waals surface area contributed by atoms with Crippen LogP contribution >= 0.6 is 0 Å². The van der Waals surface area contributed by atoms with Gasteiger partial charge in [0.25, 0.3) is 0 Å². The molecular weight excluding hydrogens is 254 g/mol. The molecule has 5 nitrogen and oxygen atoms in total. The fourth-order valence-electron chi connectivity index (χ4n) is 2.56. The van der Waals surface area contributed by atoms with Crippen molar-refractivity contribution in [3.05, 3.63) is 17.6 Å². The largest absolute Gasteiger partial charge is 0.396 e. The van der Waals surface area contributed by atoms with Gasteiger partial charge in [0, 0.05) is 38.3 Å². The summed E-state index contributed by atoms with van der Waals surface area (Å²) in [4.78, 5) is 11.4. The average molecular weight is 279 g/mol. The van der Waals surface area contributed by atoms with Gasteiger partial charge in [-0.15, -0.1) is 0 Å². The number of nitrogens with zero attached hydrogens (tertiary/aromatic N) is 3. The van der Waals surface area contributed by atoms with Crippen LogP contribution in [0.4, 0.5) is 5.82 Å². The van der Waals surface area contributed by atoms with E-state index < -0.39 is 0 Å². The Morgan fingerprint density at radius 1 is 1.40 bits per heavy atom. The third-order valence-electron chi connectivity index (χ3n) is 3.73. The van der Waals surface area contributed by atoms with Crippen molar-refractivity contribution in [3.8, 4) is 0 Å². The van der Waals surface area contributed by atoms with Crippen LogP contribution in [0.15, 0.2) is 6.07 Å². The maximum absolute atomic E-state index is 8.90. The van der Waals surface area contributed by atoms with E-state index in [1.165, 1.54) is 0 Å². The average Bonchev–Trinajstić information content (AvgIpc) is 2.97. The summed E-state index contributed by atoms with van der Waals surface area (Å²) in [5.41, 5.74) is 1.10. The highest BCUT2D eigenvalue weighted by Gasteiger charge is 2.21. The summed E-state index contributed by atoms with van der Waals surface area (Å²) in [6, 6.07) is 2.11. The van der Waals surface area contributed by atoms with E-state index in [1.807, 2.05) is 6.92 Å². The number of rotatable bonds is 7. The van der Waals surface area contributed by atoms with Gasteiger partial charge in [-0.05, 0) is 33.1 Å². The van der Waals surface area contributed by atoms with Gasteiger partial charge in [0.05, 0.1) is 12.3 Å². The second kappa shape index (κ2) is 7.55. The molecule has 20 heavy (non-hydrogen) atoms. The van der Waals surface area contributed by atoms with Gasteiger partial charge in [0.1, 0.15) is 11.6 Å². The molecule has 1 aromatic heterocycles. The summed E-state index contributed by atoms with van der Waals surface area (Å²) in [6.07, 6.45) is 2.87. The molecule has 1 N–H and O–H groups in total. The highest BCUT2D eigenvalue weighted by molar-refractivity contribution is 5.40. The van der Waals surface area contributed by atoms with Crippen LogP contribution in [0.5, 0.6) is 0 Å². The first-order chi connectivity index (χ1) is 9.74. The maximum Gasteiger partial charge on any atom is 0.132 e. The predicted molar refractivity (Wildman–Crippen MR) is 79.2 cm³/mol. The lowest BCUT2D eigenvalue weighted by Crippen LogP contribution is -2.26. The minimum absolute atomic E-state index is 0.255. The Balaban J connectivity index is 2.12. The first-order valence-electron chi connectivity index (χ1n) is 7.53. The van der Waals surface area contributed by atoms with E-state index in [-0.39, 0.29) is 6.61 Å². The molecule has 0 radical (unpaired) electrons. The van der Waals surface area contributed by atoms with Gasteiger partial charge in [-0.1, -0.05) is 0 Å². The topological polar surface area (TPSA) is 58.5 Å². The van der Waals surface area contributed by atoms with Crippen LogP contribution in [0.3, 0.4) is 0 Å². The summed E-state index contributed by atoms with van der Waals surface area (Å²) in [7, 11) is 0. The molecule has 0 spiro atoms. The third-order valence-corrected chi connectivity index (χ3v) is 3.73. The summed E-state index contributed by atoms with van der Waals surface area (Å²) in [6.45, 7) is 7.78. The van der Waals surface area contributed by atoms with Gasteiger partial charge in [0.2, 0.25) is 0 Å². The zero-order valence-corrected chi connectivity index (χ0v) is 12.5. The number of anilines is 1. The van der Waals surface area contributed by atoms with Gasteiger partial charge < -0.3 is 14.7 Å². The van der Waals surface area contributed by atoms with E-state index in [9.17, 15) is 0 Å². The van der Waals surface area contributed by atoms with E-state index in [0.717, 1.165) is 62.9 Å². The maximum atomic E-state index is 8.90. The Kier molecular flexibility index (Phi) is 5.73. The van der Waals surface area contributed by atoms with Crippen molar-refractivity contribution in [1.29, 1.82) is 0 Å². The van der Waals surface area contributed by atoms with Gasteiger partial charge >= 0.3 is 0 Å². The second-order valence-electron chi connectivity index (χ2n) is 5.27. The van der Waals surface area contributed by atoms with E-state index >= 15 is 0 Å². The molecule has 1 fully saturated rings. The number of hydrogen-bond acceptors (Lipinski definition) is 5. The summed E-state index contributed by atoms with van der Waals surface area (Å²) in [5, 5.41) is 8.90. The molecule has 1 atom stereocenters. The highest BCUT2D eigenvalue weighted by atomic mass is 16.5. The highest BCUT2D eigenvalue weighted by Crippen LogP contribution is 2.26. The number of aliphatic hydroxyl groups excluding tert-OH is 1. The number of unbranched alkanes of at least 4 members (excludes halogenated alkanes) is 1. The van der Waals surface area contributed by atoms with Crippen LogP contribution in [-0.4, -0.2) is 48.0 Å². The molecule has 1 aliphatic heterocycles. The Labute approximate surface area is 121 Å². The molecule has 0 amide bonds. The fraction of sp³-hybridized carbons (Fsp3) is 0.733. The quantitative estimate of drug-likeness (QED) is 0.772. The van der Waals surface area contributed by atoms with Crippen molar-refractivity contribution in [1.82, 2.24) is 9.97 Å². The molecule has 1 aromatic rings. The van der Waals surface area contributed by atoms with Crippen molar-refractivity contribution >= 4 is 5.82 Å². The van der Waals surface area contributed by atoms with E-state index in [2.05, 4.69) is 27.9 Å². The van der Waals surface area contributed by atoms with Crippen LogP contribution in [0.25, 0.3) is 0 Å². The van der Waals surface area contributed by atoms with Crippen LogP contribution in [0.1, 0.15) is 43.6 Å². The number of aromatic nitrogens is 2. The van der Waals surface area contributed by atoms with Crippen molar-refractivity contribution < 1.29 is 9.84 Å². The van der Waals surface area contributed by atoms with Crippen molar-refractivity contribution in [3.63, 3.8) is 0 Å². The summed E-state index contributed by atoms with van der Waals surface area (Å²) < 4.78 is 5.46. The zero-order valence-electron chi connectivity index (χ0n) is 12.5. The lowest BCUT2D eigenvalue weighted by atomic mass is 10.0. The minimum atomic E-state index is 0.255. The number of ether oxygens (including phenoxy) is 1. The van der Waals surface area contributed by atoms with Crippen LogP contribution in [0, 0.1) is 6.92 Å². The van der Waals surface area contributed by atoms with Crippen molar-refractivity contribution in [2.24, 2.45) is 0 Å². The standard InChI is InChI=1S/C15H25N3O2/c1-3-18(7-4-5-8-19)15-10-14(16-12(2)17-15)13-6-9-20-11-13/h10,13,19H,3-9,11H2,1-2H3. The van der Waals surface area contributed by atoms with Gasteiger partial charge in [-0.2, -0.15) is 0 Å². The fourth-order valence-corrected chi connectivity index (χ4v) is 2.56. The lowest BCUT2D eigenvalue weighted by molar-refractivity contribution is 0.193. The second-order valence-corrected chi connectivity index (χ2v) is 5.27. The molecule has 0 aromatic carbocycles. The Bertz CT molecular complexity index is 420. The molecule has 5 heteroatoms. The van der Waals surface area contributed by atoms with Gasteiger partial charge in [-0.25, -0.2) is 9.97 Å².